The molecular weight excluding hydrogens is 648 g/mol. The minimum atomic E-state index is -2.53. The number of aromatic nitrogens is 3. The van der Waals surface area contributed by atoms with E-state index in [4.69, 9.17) is 21.1 Å². The molecule has 0 bridgehead atoms. The molecule has 3 aromatic rings. The van der Waals surface area contributed by atoms with E-state index in [1.54, 1.807) is 21.3 Å². The van der Waals surface area contributed by atoms with Crippen molar-refractivity contribution in [2.45, 2.75) is 90.2 Å². The number of nitrogens with zero attached hydrogens (tertiary/aromatic N) is 5. The molecule has 3 aliphatic rings. The third kappa shape index (κ3) is 6.56. The highest BCUT2D eigenvalue weighted by Gasteiger charge is 2.61. The number of carbonyl (C=O) groups is 2. The molecule has 11 nitrogen and oxygen atoms in total. The van der Waals surface area contributed by atoms with E-state index in [1.165, 1.54) is 17.0 Å². The van der Waals surface area contributed by atoms with E-state index in [1.807, 2.05) is 52.0 Å². The van der Waals surface area contributed by atoms with Crippen LogP contribution in [0, 0.1) is 11.3 Å². The number of alkyl halides is 2. The fourth-order valence-electron chi connectivity index (χ4n) is 6.86. The van der Waals surface area contributed by atoms with Crippen LogP contribution in [0.25, 0.3) is 16.7 Å². The van der Waals surface area contributed by atoms with Crippen molar-refractivity contribution in [2.75, 3.05) is 26.2 Å². The summed E-state index contributed by atoms with van der Waals surface area (Å²) >= 11 is 6.65. The molecule has 1 aromatic carbocycles. The number of halogens is 3. The molecule has 260 valence electrons. The summed E-state index contributed by atoms with van der Waals surface area (Å²) in [6.07, 6.45) is -1.14. The van der Waals surface area contributed by atoms with Gasteiger partial charge in [0.05, 0.1) is 48.2 Å². The number of likely N-dealkylation sites (tertiary alicyclic amines) is 1. The van der Waals surface area contributed by atoms with Crippen LogP contribution >= 0.6 is 11.6 Å². The van der Waals surface area contributed by atoms with Crippen molar-refractivity contribution < 1.29 is 33.0 Å². The number of aliphatic hydroxyl groups is 1. The van der Waals surface area contributed by atoms with Crippen LogP contribution in [-0.4, -0.2) is 91.0 Å². The van der Waals surface area contributed by atoms with Gasteiger partial charge in [0.2, 0.25) is 12.3 Å². The molecule has 14 heteroatoms. The highest BCUT2D eigenvalue weighted by molar-refractivity contribution is 6.31. The van der Waals surface area contributed by atoms with Crippen LogP contribution in [0.15, 0.2) is 41.5 Å². The molecule has 1 N–H and O–H groups in total. The molecule has 48 heavy (non-hydrogen) atoms. The van der Waals surface area contributed by atoms with Crippen LogP contribution in [0.3, 0.4) is 0 Å². The summed E-state index contributed by atoms with van der Waals surface area (Å²) in [5.41, 5.74) is -1.50. The molecule has 2 saturated heterocycles. The van der Waals surface area contributed by atoms with Crippen LogP contribution in [0.1, 0.15) is 65.5 Å². The summed E-state index contributed by atoms with van der Waals surface area (Å²) < 4.78 is 40.9. The Bertz CT molecular complexity index is 1760. The van der Waals surface area contributed by atoms with Gasteiger partial charge in [-0.2, -0.15) is 0 Å². The summed E-state index contributed by atoms with van der Waals surface area (Å²) in [4.78, 5) is 47.3. The quantitative estimate of drug-likeness (QED) is 0.379. The van der Waals surface area contributed by atoms with Crippen LogP contribution in [0.5, 0.6) is 0 Å². The van der Waals surface area contributed by atoms with E-state index >= 15 is 0 Å². The summed E-state index contributed by atoms with van der Waals surface area (Å²) in [5, 5.41) is 11.9. The Labute approximate surface area is 282 Å². The van der Waals surface area contributed by atoms with Crippen LogP contribution in [0.2, 0.25) is 5.15 Å². The lowest BCUT2D eigenvalue weighted by atomic mass is 9.90. The zero-order chi connectivity index (χ0) is 34.8. The lowest BCUT2D eigenvalue weighted by Gasteiger charge is -2.39. The Hall–Kier alpha value is -3.55. The molecular formula is C34H42ClF2N5O6. The highest BCUT2D eigenvalue weighted by Crippen LogP contribution is 2.56. The first kappa shape index (κ1) is 34.3. The van der Waals surface area contributed by atoms with Crippen molar-refractivity contribution >= 4 is 34.6 Å². The first-order valence-electron chi connectivity index (χ1n) is 16.3. The van der Waals surface area contributed by atoms with Gasteiger partial charge in [-0.1, -0.05) is 30.7 Å². The van der Waals surface area contributed by atoms with Crippen molar-refractivity contribution in [3.05, 3.63) is 57.7 Å². The molecule has 0 unspecified atom stereocenters. The second-order valence-electron chi connectivity index (χ2n) is 14.7. The van der Waals surface area contributed by atoms with Crippen molar-refractivity contribution in [3.8, 4) is 5.69 Å². The summed E-state index contributed by atoms with van der Waals surface area (Å²) in [6, 6.07) is 8.62. The molecule has 0 radical (unpaired) electrons. The fraction of sp³-hybridized carbons (Fsp3) is 0.588. The number of ether oxygens (including phenoxy) is 2. The minimum absolute atomic E-state index is 0.0402. The Morgan fingerprint density at radius 2 is 1.85 bits per heavy atom. The first-order chi connectivity index (χ1) is 22.5. The number of morpholine rings is 1. The highest BCUT2D eigenvalue weighted by atomic mass is 35.5. The van der Waals surface area contributed by atoms with Gasteiger partial charge in [-0.05, 0) is 70.7 Å². The lowest BCUT2D eigenvalue weighted by Crippen LogP contribution is -2.51. The number of hydrogen-bond acceptors (Lipinski definition) is 7. The second kappa shape index (κ2) is 12.4. The number of amides is 2. The van der Waals surface area contributed by atoms with Gasteiger partial charge in [0.15, 0.2) is 5.65 Å². The number of piperidine rings is 1. The number of hydrogen-bond donors (Lipinski definition) is 1. The Kier molecular flexibility index (Phi) is 8.87. The Morgan fingerprint density at radius 1 is 1.19 bits per heavy atom. The lowest BCUT2D eigenvalue weighted by molar-refractivity contribution is -0.142. The zero-order valence-corrected chi connectivity index (χ0v) is 28.5. The minimum Gasteiger partial charge on any atom is -0.444 e. The maximum atomic E-state index is 13.6. The summed E-state index contributed by atoms with van der Waals surface area (Å²) in [5.74, 6) is -1.23. The normalized spacial score (nSPS) is 25.8. The van der Waals surface area contributed by atoms with Crippen molar-refractivity contribution in [3.63, 3.8) is 0 Å². The Balaban J connectivity index is 1.17. The van der Waals surface area contributed by atoms with Crippen molar-refractivity contribution in [1.29, 1.82) is 0 Å². The zero-order valence-electron chi connectivity index (χ0n) is 27.8. The molecule has 3 fully saturated rings. The molecule has 1 aliphatic carbocycles. The predicted octanol–water partition coefficient (Wildman–Crippen LogP) is 5.18. The molecule has 6 rings (SSSR count). The standard InChI is InChI=1S/C34H42ClF2N5O6/c1-20-16-41(31(45)48-32(2,3)4)25(17-47-20)21-6-8-22(9-7-21)42-26(35)14-23-28(42)38-19-40(29(23)43)18-34(46)10-12-39(13-11-34)30(44)33(5)15-24(33)27(36)37/h6-9,14,19-20,24-25,27,46H,10-13,15-18H2,1-5H3/t20-,24-,25-,33+/m0/s1. The maximum absolute atomic E-state index is 13.6. The third-order valence-corrected chi connectivity index (χ3v) is 10.1. The fourth-order valence-corrected chi connectivity index (χ4v) is 7.15. The van der Waals surface area contributed by atoms with Gasteiger partial charge < -0.3 is 19.5 Å². The first-order valence-corrected chi connectivity index (χ1v) is 16.7. The predicted molar refractivity (Wildman–Crippen MR) is 174 cm³/mol. The molecule has 0 spiro atoms. The Morgan fingerprint density at radius 3 is 2.46 bits per heavy atom. The maximum Gasteiger partial charge on any atom is 0.410 e. The molecule has 2 aliphatic heterocycles. The van der Waals surface area contributed by atoms with Crippen LogP contribution in [-0.2, 0) is 20.8 Å². The molecule has 4 heterocycles. The summed E-state index contributed by atoms with van der Waals surface area (Å²) in [7, 11) is 0. The average molecular weight is 690 g/mol. The van der Waals surface area contributed by atoms with Gasteiger partial charge in [-0.15, -0.1) is 0 Å². The van der Waals surface area contributed by atoms with Crippen LogP contribution in [0.4, 0.5) is 13.6 Å². The van der Waals surface area contributed by atoms with Crippen LogP contribution < -0.4 is 5.56 Å². The van der Waals surface area contributed by atoms with E-state index in [-0.39, 0.29) is 73.0 Å². The molecule has 2 aromatic heterocycles. The van der Waals surface area contributed by atoms with E-state index in [2.05, 4.69) is 4.98 Å². The van der Waals surface area contributed by atoms with E-state index in [0.717, 1.165) is 5.56 Å². The average Bonchev–Trinajstić information content (AvgIpc) is 3.61. The van der Waals surface area contributed by atoms with Crippen molar-refractivity contribution in [1.82, 2.24) is 23.9 Å². The number of benzene rings is 1. The molecule has 1 saturated carbocycles. The van der Waals surface area contributed by atoms with Gasteiger partial charge in [0.25, 0.3) is 5.56 Å². The van der Waals surface area contributed by atoms with E-state index in [0.29, 0.717) is 24.5 Å². The largest absolute Gasteiger partial charge is 0.444 e. The van der Waals surface area contributed by atoms with Gasteiger partial charge in [-0.3, -0.25) is 23.6 Å². The van der Waals surface area contributed by atoms with Gasteiger partial charge in [-0.25, -0.2) is 18.6 Å². The topological polar surface area (TPSA) is 119 Å². The van der Waals surface area contributed by atoms with Crippen molar-refractivity contribution in [2.24, 2.45) is 11.3 Å². The second-order valence-corrected chi connectivity index (χ2v) is 15.1. The van der Waals surface area contributed by atoms with E-state index in [9.17, 15) is 28.3 Å². The van der Waals surface area contributed by atoms with Gasteiger partial charge in [0.1, 0.15) is 17.1 Å². The summed E-state index contributed by atoms with van der Waals surface area (Å²) in [6.45, 7) is 10.0. The number of fused-ring (bicyclic) bond motifs is 1. The molecule has 2 amide bonds. The molecule has 4 atom stereocenters. The van der Waals surface area contributed by atoms with Gasteiger partial charge >= 0.3 is 6.09 Å². The third-order valence-electron chi connectivity index (χ3n) is 9.81. The number of carbonyl (C=O) groups excluding carboxylic acids is 2. The smallest absolute Gasteiger partial charge is 0.410 e. The number of rotatable bonds is 6. The monoisotopic (exact) mass is 689 g/mol. The van der Waals surface area contributed by atoms with Gasteiger partial charge in [0, 0.05) is 24.7 Å². The SMILES string of the molecule is C[C@H]1CN(C(=O)OC(C)(C)C)[C@H](c2ccc(-n3c(Cl)cc4c(=O)n(CC5(O)CCN(C(=O)[C@]6(C)C[C@H]6C(F)F)CC5)cnc43)cc2)CO1. The van der Waals surface area contributed by atoms with E-state index < -0.39 is 35.1 Å².